The number of thiophene rings is 1. The van der Waals surface area contributed by atoms with Crippen LogP contribution in [0, 0.1) is 0 Å². The van der Waals surface area contributed by atoms with E-state index in [1.807, 2.05) is 60.8 Å². The summed E-state index contributed by atoms with van der Waals surface area (Å²) in [5.41, 5.74) is 3.19. The summed E-state index contributed by atoms with van der Waals surface area (Å²) in [7, 11) is 0. The molecule has 0 aliphatic carbocycles. The molecule has 4 rings (SSSR count). The van der Waals surface area contributed by atoms with Crippen LogP contribution < -0.4 is 15.5 Å². The van der Waals surface area contributed by atoms with E-state index in [9.17, 15) is 9.59 Å². The van der Waals surface area contributed by atoms with Crippen molar-refractivity contribution in [2.45, 2.75) is 32.2 Å². The van der Waals surface area contributed by atoms with E-state index >= 15 is 0 Å². The highest BCUT2D eigenvalue weighted by Gasteiger charge is 2.21. The summed E-state index contributed by atoms with van der Waals surface area (Å²) in [6, 6.07) is 19.1. The van der Waals surface area contributed by atoms with Gasteiger partial charge in [-0.25, -0.2) is 0 Å². The molecule has 160 valence electrons. The molecule has 1 aliphatic heterocycles. The number of carbonyl (C=O) groups excluding carboxylic acids is 2. The molecule has 2 amide bonds. The Morgan fingerprint density at radius 2 is 1.71 bits per heavy atom. The minimum atomic E-state index is -0.162. The maximum absolute atomic E-state index is 13.3. The van der Waals surface area contributed by atoms with E-state index in [2.05, 4.69) is 15.5 Å². The summed E-state index contributed by atoms with van der Waals surface area (Å²) >= 11 is 1.39. The van der Waals surface area contributed by atoms with Crippen LogP contribution in [0.2, 0.25) is 0 Å². The van der Waals surface area contributed by atoms with E-state index in [1.54, 1.807) is 12.1 Å². The molecule has 1 saturated heterocycles. The lowest BCUT2D eigenvalue weighted by Gasteiger charge is -2.31. The van der Waals surface area contributed by atoms with E-state index in [1.165, 1.54) is 17.8 Å². The van der Waals surface area contributed by atoms with Gasteiger partial charge in [0.2, 0.25) is 0 Å². The SMILES string of the molecule is CC(NC(=O)c1cc(NC(=O)c2cccs2)ccc1N1CCCCC1)c1ccccc1. The number of anilines is 2. The highest BCUT2D eigenvalue weighted by atomic mass is 32.1. The van der Waals surface area contributed by atoms with E-state index in [4.69, 9.17) is 0 Å². The number of nitrogens with zero attached hydrogens (tertiary/aromatic N) is 1. The minimum absolute atomic E-state index is 0.118. The van der Waals surface area contributed by atoms with Crippen LogP contribution in [0.5, 0.6) is 0 Å². The van der Waals surface area contributed by atoms with Crippen molar-refractivity contribution in [2.75, 3.05) is 23.3 Å². The number of hydrogen-bond acceptors (Lipinski definition) is 4. The molecule has 2 N–H and O–H groups in total. The summed E-state index contributed by atoms with van der Waals surface area (Å²) in [6.07, 6.45) is 3.47. The monoisotopic (exact) mass is 433 g/mol. The lowest BCUT2D eigenvalue weighted by Crippen LogP contribution is -2.33. The van der Waals surface area contributed by atoms with Gasteiger partial charge in [0.15, 0.2) is 0 Å². The third kappa shape index (κ3) is 5.14. The van der Waals surface area contributed by atoms with Crippen molar-refractivity contribution in [3.05, 3.63) is 82.0 Å². The van der Waals surface area contributed by atoms with Gasteiger partial charge < -0.3 is 15.5 Å². The van der Waals surface area contributed by atoms with Gasteiger partial charge in [-0.2, -0.15) is 0 Å². The number of hydrogen-bond donors (Lipinski definition) is 2. The molecule has 31 heavy (non-hydrogen) atoms. The zero-order chi connectivity index (χ0) is 21.6. The third-order valence-corrected chi connectivity index (χ3v) is 6.46. The molecule has 1 fully saturated rings. The van der Waals surface area contributed by atoms with E-state index < -0.39 is 0 Å². The number of carbonyl (C=O) groups is 2. The van der Waals surface area contributed by atoms with E-state index in [0.29, 0.717) is 16.1 Å². The standard InChI is InChI=1S/C25H27N3O2S/c1-18(19-9-4-2-5-10-19)26-24(29)21-17-20(27-25(30)23-11-8-16-31-23)12-13-22(21)28-14-6-3-7-15-28/h2,4-5,8-13,16-18H,3,6-7,14-15H2,1H3,(H,26,29)(H,27,30). The highest BCUT2D eigenvalue weighted by molar-refractivity contribution is 7.12. The lowest BCUT2D eigenvalue weighted by molar-refractivity contribution is 0.0939. The smallest absolute Gasteiger partial charge is 0.265 e. The molecule has 0 bridgehead atoms. The van der Waals surface area contributed by atoms with Crippen molar-refractivity contribution >= 4 is 34.5 Å². The first kappa shape index (κ1) is 21.1. The minimum Gasteiger partial charge on any atom is -0.371 e. The highest BCUT2D eigenvalue weighted by Crippen LogP contribution is 2.28. The third-order valence-electron chi connectivity index (χ3n) is 5.59. The molecule has 2 aromatic carbocycles. The molecule has 5 nitrogen and oxygen atoms in total. The van der Waals surface area contributed by atoms with Gasteiger partial charge in [-0.3, -0.25) is 9.59 Å². The Bertz CT molecular complexity index is 1030. The van der Waals surface area contributed by atoms with E-state index in [0.717, 1.165) is 37.2 Å². The molecule has 1 aliphatic rings. The van der Waals surface area contributed by atoms with Gasteiger partial charge in [0.05, 0.1) is 16.5 Å². The fraction of sp³-hybridized carbons (Fsp3) is 0.280. The van der Waals surface area contributed by atoms with Crippen molar-refractivity contribution in [1.29, 1.82) is 0 Å². The average Bonchev–Trinajstić information content (AvgIpc) is 3.35. The summed E-state index contributed by atoms with van der Waals surface area (Å²) in [5.74, 6) is -0.297. The quantitative estimate of drug-likeness (QED) is 0.541. The Balaban J connectivity index is 1.59. The second-order valence-corrected chi connectivity index (χ2v) is 8.76. The molecule has 0 radical (unpaired) electrons. The van der Waals surface area contributed by atoms with Crippen molar-refractivity contribution in [3.63, 3.8) is 0 Å². The van der Waals surface area contributed by atoms with Gasteiger partial charge in [0.1, 0.15) is 0 Å². The Morgan fingerprint density at radius 3 is 2.42 bits per heavy atom. The van der Waals surface area contributed by atoms with Crippen LogP contribution in [0.1, 0.15) is 57.8 Å². The van der Waals surface area contributed by atoms with Crippen LogP contribution in [-0.4, -0.2) is 24.9 Å². The maximum Gasteiger partial charge on any atom is 0.265 e. The lowest BCUT2D eigenvalue weighted by atomic mass is 10.0. The number of piperidine rings is 1. The summed E-state index contributed by atoms with van der Waals surface area (Å²) in [6.45, 7) is 3.86. The van der Waals surface area contributed by atoms with Gasteiger partial charge in [-0.15, -0.1) is 11.3 Å². The summed E-state index contributed by atoms with van der Waals surface area (Å²) < 4.78 is 0. The first-order valence-corrected chi connectivity index (χ1v) is 11.6. The first-order valence-electron chi connectivity index (χ1n) is 10.7. The molecular formula is C25H27N3O2S. The van der Waals surface area contributed by atoms with Gasteiger partial charge in [-0.05, 0) is 61.4 Å². The van der Waals surface area contributed by atoms with Crippen LogP contribution in [0.4, 0.5) is 11.4 Å². The van der Waals surface area contributed by atoms with Crippen LogP contribution >= 0.6 is 11.3 Å². The molecule has 0 spiro atoms. The molecule has 0 saturated carbocycles. The van der Waals surface area contributed by atoms with Crippen molar-refractivity contribution in [1.82, 2.24) is 5.32 Å². The Kier molecular flexibility index (Phi) is 6.67. The fourth-order valence-corrected chi connectivity index (χ4v) is 4.53. The number of benzene rings is 2. The van der Waals surface area contributed by atoms with Gasteiger partial charge in [0, 0.05) is 24.5 Å². The fourth-order valence-electron chi connectivity index (χ4n) is 3.91. The average molecular weight is 434 g/mol. The number of nitrogens with one attached hydrogen (secondary N) is 2. The van der Waals surface area contributed by atoms with Crippen molar-refractivity contribution in [3.8, 4) is 0 Å². The van der Waals surface area contributed by atoms with Crippen LogP contribution in [-0.2, 0) is 0 Å². The van der Waals surface area contributed by atoms with E-state index in [-0.39, 0.29) is 17.9 Å². The Labute approximate surface area is 187 Å². The van der Waals surface area contributed by atoms with Crippen LogP contribution in [0.25, 0.3) is 0 Å². The molecule has 3 aromatic rings. The zero-order valence-electron chi connectivity index (χ0n) is 17.6. The Hall–Kier alpha value is -3.12. The molecule has 1 unspecified atom stereocenters. The van der Waals surface area contributed by atoms with Crippen LogP contribution in [0.3, 0.4) is 0 Å². The number of amides is 2. The molecule has 2 heterocycles. The van der Waals surface area contributed by atoms with Crippen LogP contribution in [0.15, 0.2) is 66.0 Å². The molecular weight excluding hydrogens is 406 g/mol. The van der Waals surface area contributed by atoms with Gasteiger partial charge in [-0.1, -0.05) is 36.4 Å². The molecule has 1 atom stereocenters. The largest absolute Gasteiger partial charge is 0.371 e. The second kappa shape index (κ2) is 9.79. The molecule has 1 aromatic heterocycles. The Morgan fingerprint density at radius 1 is 0.935 bits per heavy atom. The van der Waals surface area contributed by atoms with Crippen molar-refractivity contribution in [2.24, 2.45) is 0 Å². The van der Waals surface area contributed by atoms with Gasteiger partial charge in [0.25, 0.3) is 11.8 Å². The predicted octanol–water partition coefficient (Wildman–Crippen LogP) is 5.48. The van der Waals surface area contributed by atoms with Gasteiger partial charge >= 0.3 is 0 Å². The second-order valence-electron chi connectivity index (χ2n) is 7.82. The number of rotatable bonds is 6. The molecule has 6 heteroatoms. The normalized spacial score (nSPS) is 14.7. The topological polar surface area (TPSA) is 61.4 Å². The first-order chi connectivity index (χ1) is 15.1. The predicted molar refractivity (Wildman–Crippen MR) is 127 cm³/mol. The summed E-state index contributed by atoms with van der Waals surface area (Å²) in [4.78, 5) is 28.7. The van der Waals surface area contributed by atoms with Crippen molar-refractivity contribution < 1.29 is 9.59 Å². The summed E-state index contributed by atoms with van der Waals surface area (Å²) in [5, 5.41) is 7.92. The maximum atomic E-state index is 13.3. The zero-order valence-corrected chi connectivity index (χ0v) is 18.5.